The maximum atomic E-state index is 15.0. The summed E-state index contributed by atoms with van der Waals surface area (Å²) in [4.78, 5) is 29.2. The second kappa shape index (κ2) is 14.4. The minimum Gasteiger partial charge on any atom is -0.487 e. The molecule has 9 nitrogen and oxygen atoms in total. The Hall–Kier alpha value is -3.73. The number of para-hydroxylation sites is 1. The van der Waals surface area contributed by atoms with Gasteiger partial charge in [0.05, 0.1) is 16.0 Å². The van der Waals surface area contributed by atoms with Gasteiger partial charge in [-0.3, -0.25) is 9.59 Å². The molecule has 3 aromatic carbocycles. The summed E-state index contributed by atoms with van der Waals surface area (Å²) < 4.78 is 37.8. The molecule has 3 aliphatic rings. The fourth-order valence-electron chi connectivity index (χ4n) is 5.85. The Bertz CT molecular complexity index is 1580. The number of nitrogens with zero attached hydrogens (tertiary/aromatic N) is 1. The molecule has 2 N–H and O–H groups in total. The van der Waals surface area contributed by atoms with Crippen LogP contribution in [0.15, 0.2) is 48.5 Å². The number of aryl methyl sites for hydroxylation is 1. The van der Waals surface area contributed by atoms with Crippen LogP contribution in [-0.4, -0.2) is 68.3 Å². The Morgan fingerprint density at radius 2 is 1.78 bits per heavy atom. The summed E-state index contributed by atoms with van der Waals surface area (Å²) in [6.07, 6.45) is 2.43. The largest absolute Gasteiger partial charge is 0.487 e. The van der Waals surface area contributed by atoms with Gasteiger partial charge in [0.2, 0.25) is 5.91 Å². The number of rotatable bonds is 11. The number of ether oxygens (including phenoxy) is 4. The Morgan fingerprint density at radius 1 is 1.02 bits per heavy atom. The molecule has 0 bridgehead atoms. The van der Waals surface area contributed by atoms with E-state index in [4.69, 9.17) is 42.1 Å². The maximum Gasteiger partial charge on any atom is 0.251 e. The zero-order valence-electron chi connectivity index (χ0n) is 25.5. The quantitative estimate of drug-likeness (QED) is 0.257. The monoisotopic (exact) mass is 671 g/mol. The van der Waals surface area contributed by atoms with Gasteiger partial charge in [-0.1, -0.05) is 35.3 Å². The molecular weight excluding hydrogens is 636 g/mol. The van der Waals surface area contributed by atoms with Crippen LogP contribution in [0.2, 0.25) is 10.0 Å². The molecule has 3 aromatic rings. The van der Waals surface area contributed by atoms with E-state index in [-0.39, 0.29) is 36.5 Å². The molecule has 0 spiro atoms. The molecule has 1 saturated heterocycles. The molecular formula is C34H36Cl2FN3O6. The van der Waals surface area contributed by atoms with E-state index >= 15 is 0 Å². The van der Waals surface area contributed by atoms with Crippen LogP contribution in [0.5, 0.6) is 23.0 Å². The van der Waals surface area contributed by atoms with Crippen LogP contribution in [0, 0.1) is 18.7 Å². The molecule has 0 radical (unpaired) electrons. The minimum absolute atomic E-state index is 0.0197. The van der Waals surface area contributed by atoms with Gasteiger partial charge in [0.25, 0.3) is 5.91 Å². The summed E-state index contributed by atoms with van der Waals surface area (Å²) in [6.45, 7) is 4.42. The van der Waals surface area contributed by atoms with Crippen LogP contribution in [0.25, 0.3) is 0 Å². The first-order valence-electron chi connectivity index (χ1n) is 15.5. The molecule has 6 rings (SSSR count). The number of carbonyl (C=O) groups is 2. The SMILES string of the molecule is Cc1cc(Cl)c(OCCOc2ccc(C(=O)NC3CCNCC3C(=O)N(Cc3cccc4c3OCCO4)C3CC3)cc2F)c(Cl)c1. The van der Waals surface area contributed by atoms with Crippen molar-refractivity contribution in [1.82, 2.24) is 15.5 Å². The summed E-state index contributed by atoms with van der Waals surface area (Å²) in [5, 5.41) is 7.06. The first kappa shape index (κ1) is 32.2. The summed E-state index contributed by atoms with van der Waals surface area (Å²) in [5.74, 6) is 0.0393. The van der Waals surface area contributed by atoms with Crippen LogP contribution < -0.4 is 29.6 Å². The third-order valence-corrected chi connectivity index (χ3v) is 8.86. The smallest absolute Gasteiger partial charge is 0.251 e. The molecule has 2 fully saturated rings. The number of hydrogen-bond donors (Lipinski definition) is 2. The van der Waals surface area contributed by atoms with Crippen molar-refractivity contribution in [3.63, 3.8) is 0 Å². The average molecular weight is 673 g/mol. The number of nitrogens with one attached hydrogen (secondary N) is 2. The molecule has 1 saturated carbocycles. The Labute approximate surface area is 277 Å². The van der Waals surface area contributed by atoms with E-state index in [1.54, 1.807) is 12.1 Å². The molecule has 2 unspecified atom stereocenters. The molecule has 244 valence electrons. The van der Waals surface area contributed by atoms with Gasteiger partial charge >= 0.3 is 0 Å². The van der Waals surface area contributed by atoms with Gasteiger partial charge in [-0.15, -0.1) is 0 Å². The molecule has 2 aliphatic heterocycles. The highest BCUT2D eigenvalue weighted by Gasteiger charge is 2.40. The predicted octanol–water partition coefficient (Wildman–Crippen LogP) is 5.57. The van der Waals surface area contributed by atoms with E-state index in [2.05, 4.69) is 10.6 Å². The number of carbonyl (C=O) groups excluding carboxylic acids is 2. The number of amides is 2. The summed E-state index contributed by atoms with van der Waals surface area (Å²) in [5.41, 5.74) is 1.93. The topological polar surface area (TPSA) is 98.4 Å². The molecule has 0 aromatic heterocycles. The van der Waals surface area contributed by atoms with Gasteiger partial charge in [0, 0.05) is 36.3 Å². The van der Waals surface area contributed by atoms with Crippen LogP contribution in [0.3, 0.4) is 0 Å². The molecule has 1 aliphatic carbocycles. The predicted molar refractivity (Wildman–Crippen MR) is 172 cm³/mol. The zero-order chi connectivity index (χ0) is 32.2. The van der Waals surface area contributed by atoms with Crippen LogP contribution >= 0.6 is 23.2 Å². The second-order valence-corrected chi connectivity index (χ2v) is 12.5. The van der Waals surface area contributed by atoms with E-state index in [0.717, 1.165) is 30.0 Å². The fraction of sp³-hybridized carbons (Fsp3) is 0.412. The number of piperidine rings is 1. The molecule has 2 amide bonds. The highest BCUT2D eigenvalue weighted by molar-refractivity contribution is 6.37. The second-order valence-electron chi connectivity index (χ2n) is 11.7. The van der Waals surface area contributed by atoms with Crippen molar-refractivity contribution in [3.8, 4) is 23.0 Å². The first-order valence-corrected chi connectivity index (χ1v) is 16.2. The highest BCUT2D eigenvalue weighted by Crippen LogP contribution is 2.38. The van der Waals surface area contributed by atoms with Gasteiger partial charge in [-0.2, -0.15) is 0 Å². The molecule has 2 atom stereocenters. The van der Waals surface area contributed by atoms with Crippen LogP contribution in [0.1, 0.15) is 40.7 Å². The van der Waals surface area contributed by atoms with Crippen LogP contribution in [-0.2, 0) is 11.3 Å². The Morgan fingerprint density at radius 3 is 2.54 bits per heavy atom. The fourth-order valence-corrected chi connectivity index (χ4v) is 6.56. The summed E-state index contributed by atoms with van der Waals surface area (Å²) in [6, 6.07) is 13.0. The van der Waals surface area contributed by atoms with Crippen molar-refractivity contribution in [2.45, 2.75) is 44.8 Å². The van der Waals surface area contributed by atoms with Crippen molar-refractivity contribution >= 4 is 35.0 Å². The molecule has 46 heavy (non-hydrogen) atoms. The van der Waals surface area contributed by atoms with E-state index < -0.39 is 23.7 Å². The van der Waals surface area contributed by atoms with E-state index in [1.807, 2.05) is 30.0 Å². The van der Waals surface area contributed by atoms with Crippen molar-refractivity contribution in [1.29, 1.82) is 0 Å². The van der Waals surface area contributed by atoms with Gasteiger partial charge in [0.15, 0.2) is 28.8 Å². The number of benzene rings is 3. The van der Waals surface area contributed by atoms with E-state index in [0.29, 0.717) is 66.6 Å². The number of fused-ring (bicyclic) bond motifs is 1. The van der Waals surface area contributed by atoms with Crippen molar-refractivity contribution in [3.05, 3.63) is 81.1 Å². The lowest BCUT2D eigenvalue weighted by Gasteiger charge is -2.36. The maximum absolute atomic E-state index is 15.0. The van der Waals surface area contributed by atoms with Gasteiger partial charge in [0.1, 0.15) is 26.4 Å². The van der Waals surface area contributed by atoms with Crippen molar-refractivity contribution < 1.29 is 32.9 Å². The number of hydrogen-bond acceptors (Lipinski definition) is 7. The third kappa shape index (κ3) is 7.45. The normalized spacial score (nSPS) is 18.9. The third-order valence-electron chi connectivity index (χ3n) is 8.30. The van der Waals surface area contributed by atoms with Crippen LogP contribution in [0.4, 0.5) is 4.39 Å². The van der Waals surface area contributed by atoms with Crippen molar-refractivity contribution in [2.24, 2.45) is 5.92 Å². The average Bonchev–Trinajstić information content (AvgIpc) is 3.89. The Balaban J connectivity index is 1.07. The highest BCUT2D eigenvalue weighted by atomic mass is 35.5. The first-order chi connectivity index (χ1) is 22.3. The van der Waals surface area contributed by atoms with Crippen molar-refractivity contribution in [2.75, 3.05) is 39.5 Å². The van der Waals surface area contributed by atoms with E-state index in [1.165, 1.54) is 12.1 Å². The van der Waals surface area contributed by atoms with Gasteiger partial charge in [-0.05, 0) is 74.7 Å². The van der Waals surface area contributed by atoms with Gasteiger partial charge < -0.3 is 34.5 Å². The van der Waals surface area contributed by atoms with Gasteiger partial charge in [-0.25, -0.2) is 4.39 Å². The lowest BCUT2D eigenvalue weighted by atomic mass is 9.91. The summed E-state index contributed by atoms with van der Waals surface area (Å²) in [7, 11) is 0. The molecule has 2 heterocycles. The standard InChI is InChI=1S/C34H36Cl2FN3O6/c1-20-15-25(35)32(26(36)16-20)46-14-11-43-29-8-5-21(17-27(29)37)33(41)39-28-9-10-38-18-24(28)34(42)40(23-6-7-23)19-22-3-2-4-30-31(22)45-13-12-44-30/h2-5,8,15-17,23-24,28,38H,6-7,9-14,18-19H2,1H3,(H,39,41). The zero-order valence-corrected chi connectivity index (χ0v) is 27.0. The Kier molecular flexibility index (Phi) is 10.1. The summed E-state index contributed by atoms with van der Waals surface area (Å²) >= 11 is 12.4. The number of halogens is 3. The van der Waals surface area contributed by atoms with E-state index in [9.17, 15) is 14.0 Å². The minimum atomic E-state index is -0.686. The lowest BCUT2D eigenvalue weighted by molar-refractivity contribution is -0.138. The molecule has 12 heteroatoms. The lowest BCUT2D eigenvalue weighted by Crippen LogP contribution is -2.55.